The van der Waals surface area contributed by atoms with Crippen LogP contribution in [-0.2, 0) is 17.8 Å². The Morgan fingerprint density at radius 3 is 2.65 bits per heavy atom. The number of carbonyl (C=O) groups is 1. The lowest BCUT2D eigenvalue weighted by atomic mass is 10.0. The lowest BCUT2D eigenvalue weighted by molar-refractivity contribution is -0.130. The maximum atomic E-state index is 13.1. The van der Waals surface area contributed by atoms with Crippen LogP contribution in [-0.4, -0.2) is 39.6 Å². The molecule has 136 valence electrons. The molecule has 1 N–H and O–H groups in total. The van der Waals surface area contributed by atoms with Gasteiger partial charge in [-0.25, -0.2) is 0 Å². The van der Waals surface area contributed by atoms with Crippen molar-refractivity contribution in [2.45, 2.75) is 51.4 Å². The van der Waals surface area contributed by atoms with Gasteiger partial charge in [-0.2, -0.15) is 0 Å². The maximum Gasteiger partial charge on any atom is 0.241 e. The molecule has 0 aliphatic carbocycles. The second-order valence-electron chi connectivity index (χ2n) is 7.51. The molecule has 0 spiro atoms. The first-order valence-electron chi connectivity index (χ1n) is 9.52. The molecule has 0 saturated carbocycles. The van der Waals surface area contributed by atoms with E-state index in [1.54, 1.807) is 0 Å². The van der Waals surface area contributed by atoms with Crippen molar-refractivity contribution in [2.24, 2.45) is 0 Å². The third kappa shape index (κ3) is 3.21. The molecule has 2 aliphatic heterocycles. The molecule has 2 aromatic rings. The molecule has 4 rings (SSSR count). The van der Waals surface area contributed by atoms with Crippen LogP contribution in [0.1, 0.15) is 36.0 Å². The van der Waals surface area contributed by atoms with Crippen LogP contribution in [0.5, 0.6) is 5.75 Å². The number of rotatable bonds is 4. The Morgan fingerprint density at radius 1 is 1.08 bits per heavy atom. The van der Waals surface area contributed by atoms with E-state index in [-0.39, 0.29) is 18.1 Å². The van der Waals surface area contributed by atoms with Gasteiger partial charge in [0.25, 0.3) is 0 Å². The van der Waals surface area contributed by atoms with E-state index in [1.807, 2.05) is 42.2 Å². The number of fused-ring (bicyclic) bond motifs is 1. The number of phenolic OH excluding ortho intramolecular Hbond substituents is 1. The van der Waals surface area contributed by atoms with Crippen LogP contribution >= 0.6 is 0 Å². The van der Waals surface area contributed by atoms with Crippen LogP contribution in [0.4, 0.5) is 0 Å². The Labute approximate surface area is 155 Å². The summed E-state index contributed by atoms with van der Waals surface area (Å²) in [6, 6.07) is 16.1. The zero-order valence-electron chi connectivity index (χ0n) is 15.3. The first kappa shape index (κ1) is 17.1. The SMILES string of the molecule is Cc1ccc(C[C@@H]2N(Cc3ccccc3)C(=O)C3CCCCN32)cc1O. The van der Waals surface area contributed by atoms with Crippen molar-refractivity contribution >= 4 is 5.91 Å². The Bertz CT molecular complexity index is 790. The number of aryl methyl sites for hydroxylation is 1. The number of amides is 1. The molecule has 2 atom stereocenters. The standard InChI is InChI=1S/C22H26N2O2/c1-16-10-11-18(13-20(16)25)14-21-23-12-6-5-9-19(23)22(26)24(21)15-17-7-3-2-4-8-17/h2-4,7-8,10-11,13,19,21,25H,5-6,9,12,14-15H2,1H3/t19?,21-/m0/s1. The van der Waals surface area contributed by atoms with Crippen LogP contribution in [0, 0.1) is 6.92 Å². The zero-order chi connectivity index (χ0) is 18.1. The van der Waals surface area contributed by atoms with Gasteiger partial charge in [0.1, 0.15) is 5.75 Å². The van der Waals surface area contributed by atoms with Crippen molar-refractivity contribution in [3.05, 3.63) is 65.2 Å². The van der Waals surface area contributed by atoms with Gasteiger partial charge in [-0.3, -0.25) is 9.69 Å². The Balaban J connectivity index is 1.62. The summed E-state index contributed by atoms with van der Waals surface area (Å²) in [6.07, 6.45) is 4.06. The van der Waals surface area contributed by atoms with Crippen LogP contribution in [0.15, 0.2) is 48.5 Å². The lowest BCUT2D eigenvalue weighted by Crippen LogP contribution is -2.44. The highest BCUT2D eigenvalue weighted by Crippen LogP contribution is 2.33. The molecule has 26 heavy (non-hydrogen) atoms. The molecule has 4 heteroatoms. The highest BCUT2D eigenvalue weighted by atomic mass is 16.3. The van der Waals surface area contributed by atoms with Crippen molar-refractivity contribution in [3.63, 3.8) is 0 Å². The monoisotopic (exact) mass is 350 g/mol. The van der Waals surface area contributed by atoms with Crippen molar-refractivity contribution in [3.8, 4) is 5.75 Å². The average molecular weight is 350 g/mol. The number of carbonyl (C=O) groups excluding carboxylic acids is 1. The van der Waals surface area contributed by atoms with Crippen molar-refractivity contribution in [1.82, 2.24) is 9.80 Å². The van der Waals surface area contributed by atoms with E-state index >= 15 is 0 Å². The van der Waals surface area contributed by atoms with Gasteiger partial charge >= 0.3 is 0 Å². The number of aromatic hydroxyl groups is 1. The van der Waals surface area contributed by atoms with Gasteiger partial charge in [-0.1, -0.05) is 48.9 Å². The molecule has 4 nitrogen and oxygen atoms in total. The second-order valence-corrected chi connectivity index (χ2v) is 7.51. The lowest BCUT2D eigenvalue weighted by Gasteiger charge is -2.33. The topological polar surface area (TPSA) is 43.8 Å². The molecule has 0 bridgehead atoms. The predicted molar refractivity (Wildman–Crippen MR) is 102 cm³/mol. The van der Waals surface area contributed by atoms with Gasteiger partial charge < -0.3 is 10.0 Å². The molecule has 2 aromatic carbocycles. The van der Waals surface area contributed by atoms with E-state index in [0.29, 0.717) is 12.3 Å². The highest BCUT2D eigenvalue weighted by molar-refractivity contribution is 5.84. The van der Waals surface area contributed by atoms with Gasteiger partial charge in [0.2, 0.25) is 5.91 Å². The van der Waals surface area contributed by atoms with E-state index in [9.17, 15) is 9.90 Å². The normalized spacial score (nSPS) is 23.3. The Morgan fingerprint density at radius 2 is 1.88 bits per heavy atom. The molecule has 1 unspecified atom stereocenters. The first-order valence-corrected chi connectivity index (χ1v) is 9.52. The van der Waals surface area contributed by atoms with Crippen LogP contribution in [0.2, 0.25) is 0 Å². The molecular weight excluding hydrogens is 324 g/mol. The van der Waals surface area contributed by atoms with E-state index in [2.05, 4.69) is 23.1 Å². The molecule has 1 amide bonds. The summed E-state index contributed by atoms with van der Waals surface area (Å²) in [4.78, 5) is 17.5. The number of hydrogen-bond acceptors (Lipinski definition) is 3. The summed E-state index contributed by atoms with van der Waals surface area (Å²) in [5.74, 6) is 0.589. The quantitative estimate of drug-likeness (QED) is 0.918. The zero-order valence-corrected chi connectivity index (χ0v) is 15.3. The third-order valence-electron chi connectivity index (χ3n) is 5.74. The number of nitrogens with zero attached hydrogens (tertiary/aromatic N) is 2. The van der Waals surface area contributed by atoms with Crippen LogP contribution in [0.25, 0.3) is 0 Å². The molecular formula is C22H26N2O2. The summed E-state index contributed by atoms with van der Waals surface area (Å²) in [5, 5.41) is 10.1. The number of piperidine rings is 1. The van der Waals surface area contributed by atoms with Crippen LogP contribution < -0.4 is 0 Å². The molecule has 0 radical (unpaired) electrons. The Kier molecular flexibility index (Phi) is 4.68. The molecule has 2 saturated heterocycles. The van der Waals surface area contributed by atoms with Gasteiger partial charge in [0, 0.05) is 19.5 Å². The fourth-order valence-electron chi connectivity index (χ4n) is 4.28. The van der Waals surface area contributed by atoms with Crippen molar-refractivity contribution < 1.29 is 9.90 Å². The van der Waals surface area contributed by atoms with E-state index in [4.69, 9.17) is 0 Å². The van der Waals surface area contributed by atoms with Gasteiger partial charge in [-0.15, -0.1) is 0 Å². The van der Waals surface area contributed by atoms with E-state index in [1.165, 1.54) is 0 Å². The van der Waals surface area contributed by atoms with Gasteiger partial charge in [-0.05, 0) is 42.5 Å². The molecule has 2 fully saturated rings. The first-order chi connectivity index (χ1) is 12.6. The average Bonchev–Trinajstić information content (AvgIpc) is 2.92. The summed E-state index contributed by atoms with van der Waals surface area (Å²) in [7, 11) is 0. The van der Waals surface area contributed by atoms with E-state index < -0.39 is 0 Å². The fourth-order valence-corrected chi connectivity index (χ4v) is 4.28. The summed E-state index contributed by atoms with van der Waals surface area (Å²) in [6.45, 7) is 3.53. The summed E-state index contributed by atoms with van der Waals surface area (Å²) >= 11 is 0. The van der Waals surface area contributed by atoms with Gasteiger partial charge in [0.15, 0.2) is 0 Å². The number of phenols is 1. The smallest absolute Gasteiger partial charge is 0.241 e. The van der Waals surface area contributed by atoms with Crippen LogP contribution in [0.3, 0.4) is 0 Å². The number of hydrogen-bond donors (Lipinski definition) is 1. The summed E-state index contributed by atoms with van der Waals surface area (Å²) < 4.78 is 0. The largest absolute Gasteiger partial charge is 0.508 e. The molecule has 2 heterocycles. The minimum absolute atomic E-state index is 0.0245. The highest BCUT2D eigenvalue weighted by Gasteiger charge is 2.46. The Hall–Kier alpha value is -2.33. The van der Waals surface area contributed by atoms with Crippen molar-refractivity contribution in [2.75, 3.05) is 6.54 Å². The van der Waals surface area contributed by atoms with Gasteiger partial charge in [0.05, 0.1) is 12.2 Å². The molecule has 0 aromatic heterocycles. The number of benzene rings is 2. The maximum absolute atomic E-state index is 13.1. The predicted octanol–water partition coefficient (Wildman–Crippen LogP) is 3.47. The second kappa shape index (κ2) is 7.12. The summed E-state index contributed by atoms with van der Waals surface area (Å²) in [5.41, 5.74) is 3.13. The minimum Gasteiger partial charge on any atom is -0.508 e. The molecule has 2 aliphatic rings. The van der Waals surface area contributed by atoms with Crippen molar-refractivity contribution in [1.29, 1.82) is 0 Å². The fraction of sp³-hybridized carbons (Fsp3) is 0.409. The van der Waals surface area contributed by atoms with E-state index in [0.717, 1.165) is 48.9 Å². The third-order valence-corrected chi connectivity index (χ3v) is 5.74. The minimum atomic E-state index is 0.0245.